The van der Waals surface area contributed by atoms with Gasteiger partial charge in [0.05, 0.1) is 0 Å². The van der Waals surface area contributed by atoms with Gasteiger partial charge in [-0.25, -0.2) is 13.6 Å². The Morgan fingerprint density at radius 1 is 1.21 bits per heavy atom. The zero-order valence-electron chi connectivity index (χ0n) is 13.1. The number of halogens is 3. The number of hydrogen-bond acceptors (Lipinski definition) is 1. The first kappa shape index (κ1) is 16.7. The van der Waals surface area contributed by atoms with Crippen LogP contribution in [0.4, 0.5) is 13.6 Å². The number of carbonyl (C=O) groups is 1. The van der Waals surface area contributed by atoms with Gasteiger partial charge < -0.3 is 10.2 Å². The summed E-state index contributed by atoms with van der Waals surface area (Å²) in [4.78, 5) is 13.6. The Balaban J connectivity index is 1.54. The molecule has 0 unspecified atom stereocenters. The quantitative estimate of drug-likeness (QED) is 0.875. The van der Waals surface area contributed by atoms with Crippen molar-refractivity contribution in [1.82, 2.24) is 10.2 Å². The Hall–Kier alpha value is -2.14. The van der Waals surface area contributed by atoms with E-state index < -0.39 is 11.6 Å². The van der Waals surface area contributed by atoms with Crippen molar-refractivity contribution < 1.29 is 13.6 Å². The fraction of sp³-hybridized carbons (Fsp3) is 0.278. The highest BCUT2D eigenvalue weighted by Gasteiger charge is 2.39. The summed E-state index contributed by atoms with van der Waals surface area (Å²) in [5, 5.41) is 3.62. The predicted molar refractivity (Wildman–Crippen MR) is 89.0 cm³/mol. The number of urea groups is 1. The van der Waals surface area contributed by atoms with E-state index in [1.807, 2.05) is 24.3 Å². The fourth-order valence-corrected chi connectivity index (χ4v) is 2.88. The van der Waals surface area contributed by atoms with E-state index in [4.69, 9.17) is 11.6 Å². The Bertz CT molecular complexity index is 731. The molecule has 1 aliphatic rings. The van der Waals surface area contributed by atoms with Gasteiger partial charge in [-0.15, -0.1) is 0 Å². The number of carbonyl (C=O) groups excluding carboxylic acids is 1. The summed E-state index contributed by atoms with van der Waals surface area (Å²) in [5.41, 5.74) is 1.55. The third-order valence-corrected chi connectivity index (χ3v) is 4.34. The van der Waals surface area contributed by atoms with Gasteiger partial charge in [-0.3, -0.25) is 0 Å². The summed E-state index contributed by atoms with van der Waals surface area (Å²) in [6, 6.07) is 10.6. The van der Waals surface area contributed by atoms with E-state index in [2.05, 4.69) is 5.32 Å². The van der Waals surface area contributed by atoms with Crippen LogP contribution < -0.4 is 5.32 Å². The number of nitrogens with one attached hydrogen (secondary N) is 1. The topological polar surface area (TPSA) is 32.3 Å². The van der Waals surface area contributed by atoms with Gasteiger partial charge in [0.15, 0.2) is 0 Å². The molecular formula is C18H17ClF2N2O. The van der Waals surface area contributed by atoms with Crippen LogP contribution >= 0.6 is 11.6 Å². The molecule has 3 nitrogen and oxygen atoms in total. The number of amides is 2. The minimum atomic E-state index is -0.649. The van der Waals surface area contributed by atoms with Crippen molar-refractivity contribution in [2.24, 2.45) is 0 Å². The van der Waals surface area contributed by atoms with Gasteiger partial charge in [-0.05, 0) is 41.8 Å². The molecule has 6 heteroatoms. The molecule has 0 radical (unpaired) electrons. The Morgan fingerprint density at radius 3 is 2.46 bits per heavy atom. The lowest BCUT2D eigenvalue weighted by Crippen LogP contribution is -2.38. The van der Waals surface area contributed by atoms with E-state index in [0.717, 1.165) is 18.1 Å². The van der Waals surface area contributed by atoms with Gasteiger partial charge in [-0.2, -0.15) is 0 Å². The Morgan fingerprint density at radius 2 is 1.83 bits per heavy atom. The fourth-order valence-electron chi connectivity index (χ4n) is 2.75. The molecule has 2 aromatic carbocycles. The summed E-state index contributed by atoms with van der Waals surface area (Å²) in [5.74, 6) is -1.01. The van der Waals surface area contributed by atoms with E-state index in [-0.39, 0.29) is 24.5 Å². The van der Waals surface area contributed by atoms with E-state index in [9.17, 15) is 13.6 Å². The van der Waals surface area contributed by atoms with Crippen molar-refractivity contribution in [2.45, 2.75) is 24.9 Å². The largest absolute Gasteiger partial charge is 0.335 e. The first-order valence-corrected chi connectivity index (χ1v) is 8.02. The Labute approximate surface area is 144 Å². The van der Waals surface area contributed by atoms with Crippen LogP contribution in [0.3, 0.4) is 0 Å². The van der Waals surface area contributed by atoms with Crippen LogP contribution in [0.5, 0.6) is 0 Å². The molecule has 2 aromatic rings. The van der Waals surface area contributed by atoms with Gasteiger partial charge in [0, 0.05) is 36.6 Å². The van der Waals surface area contributed by atoms with Crippen LogP contribution in [0, 0.1) is 11.6 Å². The minimum Gasteiger partial charge on any atom is -0.335 e. The van der Waals surface area contributed by atoms with Gasteiger partial charge in [-0.1, -0.05) is 23.7 Å². The molecule has 1 saturated carbocycles. The molecule has 3 rings (SSSR count). The summed E-state index contributed by atoms with van der Waals surface area (Å²) in [6.07, 6.45) is 0.871. The molecule has 0 bridgehead atoms. The van der Waals surface area contributed by atoms with Crippen molar-refractivity contribution in [3.63, 3.8) is 0 Å². The van der Waals surface area contributed by atoms with Crippen molar-refractivity contribution in [2.75, 3.05) is 7.05 Å². The molecule has 1 fully saturated rings. The number of benzene rings is 2. The average Bonchev–Trinajstić information content (AvgIpc) is 3.26. The summed E-state index contributed by atoms with van der Waals surface area (Å²) >= 11 is 5.87. The highest BCUT2D eigenvalue weighted by Crippen LogP contribution is 2.41. The Kier molecular flexibility index (Phi) is 4.71. The smallest absolute Gasteiger partial charge is 0.317 e. The van der Waals surface area contributed by atoms with E-state index in [1.54, 1.807) is 7.05 Å². The lowest BCUT2D eigenvalue weighted by atomic mass is 10.1. The lowest BCUT2D eigenvalue weighted by molar-refractivity contribution is 0.206. The van der Waals surface area contributed by atoms with E-state index in [1.165, 1.54) is 17.0 Å². The van der Waals surface area contributed by atoms with Crippen molar-refractivity contribution >= 4 is 17.6 Å². The molecule has 2 atom stereocenters. The normalized spacial score (nSPS) is 19.0. The molecule has 0 heterocycles. The van der Waals surface area contributed by atoms with Gasteiger partial charge in [0.2, 0.25) is 0 Å². The second kappa shape index (κ2) is 6.77. The third-order valence-electron chi connectivity index (χ3n) is 4.09. The maximum atomic E-state index is 13.2. The van der Waals surface area contributed by atoms with Crippen LogP contribution in [0.15, 0.2) is 42.5 Å². The molecule has 0 spiro atoms. The van der Waals surface area contributed by atoms with Crippen LogP contribution in [-0.2, 0) is 6.54 Å². The molecule has 0 aliphatic heterocycles. The molecule has 126 valence electrons. The monoisotopic (exact) mass is 350 g/mol. The van der Waals surface area contributed by atoms with Crippen LogP contribution in [0.2, 0.25) is 5.02 Å². The summed E-state index contributed by atoms with van der Waals surface area (Å²) in [7, 11) is 1.60. The van der Waals surface area contributed by atoms with Crippen molar-refractivity contribution in [3.05, 3.63) is 70.2 Å². The second-order valence-electron chi connectivity index (χ2n) is 6.08. The van der Waals surface area contributed by atoms with Crippen LogP contribution in [0.1, 0.15) is 23.5 Å². The van der Waals surface area contributed by atoms with Crippen molar-refractivity contribution in [1.29, 1.82) is 0 Å². The van der Waals surface area contributed by atoms with E-state index >= 15 is 0 Å². The maximum Gasteiger partial charge on any atom is 0.317 e. The highest BCUT2D eigenvalue weighted by molar-refractivity contribution is 6.30. The van der Waals surface area contributed by atoms with Crippen molar-refractivity contribution in [3.8, 4) is 0 Å². The lowest BCUT2D eigenvalue weighted by Gasteiger charge is -2.18. The highest BCUT2D eigenvalue weighted by atomic mass is 35.5. The summed E-state index contributed by atoms with van der Waals surface area (Å²) in [6.45, 7) is 0.138. The van der Waals surface area contributed by atoms with E-state index in [0.29, 0.717) is 10.6 Å². The standard InChI is InChI=1S/C18H17ClF2N2O/c1-23(10-11-6-14(20)8-15(21)7-11)18(24)22-17-9-16(17)12-2-4-13(19)5-3-12/h2-8,16-17H,9-10H2,1H3,(H,22,24)/t16-,17+/m0/s1. The van der Waals surface area contributed by atoms with Crippen LogP contribution in [-0.4, -0.2) is 24.0 Å². The predicted octanol–water partition coefficient (Wildman–Crippen LogP) is 4.32. The molecule has 0 saturated heterocycles. The van der Waals surface area contributed by atoms with Gasteiger partial charge >= 0.3 is 6.03 Å². The molecule has 2 amide bonds. The zero-order chi connectivity index (χ0) is 17.3. The SMILES string of the molecule is CN(Cc1cc(F)cc(F)c1)C(=O)N[C@@H]1C[C@H]1c1ccc(Cl)cc1. The van der Waals surface area contributed by atoms with Gasteiger partial charge in [0.25, 0.3) is 0 Å². The number of nitrogens with zero attached hydrogens (tertiary/aromatic N) is 1. The molecule has 1 aliphatic carbocycles. The zero-order valence-corrected chi connectivity index (χ0v) is 13.9. The maximum absolute atomic E-state index is 13.2. The second-order valence-corrected chi connectivity index (χ2v) is 6.52. The first-order valence-electron chi connectivity index (χ1n) is 7.64. The first-order chi connectivity index (χ1) is 11.4. The third kappa shape index (κ3) is 4.03. The average molecular weight is 351 g/mol. The minimum absolute atomic E-state index is 0.0744. The number of hydrogen-bond donors (Lipinski definition) is 1. The molecule has 24 heavy (non-hydrogen) atoms. The molecule has 1 N–H and O–H groups in total. The molecular weight excluding hydrogens is 334 g/mol. The summed E-state index contributed by atoms with van der Waals surface area (Å²) < 4.78 is 26.4. The molecule has 0 aromatic heterocycles. The van der Waals surface area contributed by atoms with Crippen LogP contribution in [0.25, 0.3) is 0 Å². The van der Waals surface area contributed by atoms with Gasteiger partial charge in [0.1, 0.15) is 11.6 Å². The number of rotatable bonds is 4.